The van der Waals surface area contributed by atoms with Crippen molar-refractivity contribution in [3.8, 4) is 44.5 Å². The summed E-state index contributed by atoms with van der Waals surface area (Å²) in [5.41, 5.74) is -17.3. The number of fused-ring (bicyclic) bond motifs is 10. The molecule has 50 heavy (non-hydrogen) atoms. The summed E-state index contributed by atoms with van der Waals surface area (Å²) < 4.78 is 302. The first-order chi connectivity index (χ1) is 38.5. The van der Waals surface area contributed by atoms with E-state index in [1.807, 2.05) is 0 Å². The minimum Gasteiger partial charge on any atom is -0.310 e. The number of rotatable bonds is 5. The third-order valence-electron chi connectivity index (χ3n) is 8.31. The lowest BCUT2D eigenvalue weighted by molar-refractivity contribution is 0.793. The topological polar surface area (TPSA) is 3.24 Å². The van der Waals surface area contributed by atoms with Gasteiger partial charge in [0.25, 0.3) is 0 Å². The van der Waals surface area contributed by atoms with Crippen LogP contribution in [-0.2, 0) is 5.41 Å². The molecular formula is C49H33N. The Hall–Kier alpha value is -6.44. The first-order valence-corrected chi connectivity index (χ1v) is 14.7. The number of benzene rings is 8. The summed E-state index contributed by atoms with van der Waals surface area (Å²) in [6.07, 6.45) is 0. The average molecular weight is 669 g/mol. The van der Waals surface area contributed by atoms with E-state index in [-0.39, 0.29) is 0 Å². The molecule has 1 spiro atoms. The molecule has 8 aromatic rings. The van der Waals surface area contributed by atoms with Gasteiger partial charge in [0.2, 0.25) is 0 Å². The second kappa shape index (κ2) is 11.3. The predicted molar refractivity (Wildman–Crippen MR) is 208 cm³/mol. The van der Waals surface area contributed by atoms with Gasteiger partial charge in [-0.25, -0.2) is 0 Å². The third-order valence-corrected chi connectivity index (χ3v) is 8.31. The first-order valence-electron chi connectivity index (χ1n) is 31.2. The van der Waals surface area contributed by atoms with Crippen LogP contribution in [0.25, 0.3) is 44.5 Å². The molecule has 0 atom stereocenters. The lowest BCUT2D eigenvalue weighted by Crippen LogP contribution is -2.28. The van der Waals surface area contributed by atoms with Gasteiger partial charge in [0.15, 0.2) is 0 Å². The zero-order valence-corrected chi connectivity index (χ0v) is 24.9. The van der Waals surface area contributed by atoms with E-state index in [0.29, 0.717) is 4.90 Å². The highest BCUT2D eigenvalue weighted by atomic mass is 15.1. The molecule has 0 heterocycles. The van der Waals surface area contributed by atoms with Crippen molar-refractivity contribution in [2.75, 3.05) is 4.90 Å². The fourth-order valence-electron chi connectivity index (χ4n) is 6.38. The van der Waals surface area contributed by atoms with Crippen LogP contribution < -0.4 is 4.90 Å². The Labute approximate surface area is 339 Å². The molecule has 0 aliphatic heterocycles. The van der Waals surface area contributed by atoms with Crippen LogP contribution in [-0.4, -0.2) is 0 Å². The number of hydrogen-bond acceptors (Lipinski definition) is 1. The predicted octanol–water partition coefficient (Wildman–Crippen LogP) is 12.8. The van der Waals surface area contributed by atoms with E-state index in [0.717, 1.165) is 0 Å². The monoisotopic (exact) mass is 668 g/mol. The van der Waals surface area contributed by atoms with E-state index in [1.54, 1.807) is 0 Å². The molecular weight excluding hydrogens is 603 g/mol. The SMILES string of the molecule is [2H]c1c([2H])c([2H])c(-c2c([2H])c([2H])c(N(c3c([2H])c([2H])c(-c4c([2H])c([2H])c([2H])c([2H])c4[2H])c([2H])c3[2H])c3c([2H])c([2H])c([2H])c4c3C3(c5c([2H])c([2H])c([2H])c([2H])c5-c5c([2H])c([2H])c([2H])c([2H])c53)c3c([2H])c([2H])c([2H])c([2H])c3-4)c([2H])c2[2H])c([2H])c1[2H]. The standard InChI is InChI=1S/C49H33N/c1-3-14-34(15-4-1)36-26-30-38(31-27-36)50(39-32-28-37(29-33-39)35-16-5-2-6-17-35)47-25-13-21-43-42-20-9-12-24-46(42)49(48(43)47)44-22-10-7-18-40(44)41-19-8-11-23-45(41)49/h1-33H/i1D,2D,3D,4D,5D,6D,7D,8D,9D,10D,11D,12D,13D,14D,15D,16D,17D,18D,19D,20D,21D,22D,23D,24D,25D,26D,27D,28D,29D,30D,31D,32D,33D. The Kier molecular flexibility index (Phi) is 2.44. The van der Waals surface area contributed by atoms with Gasteiger partial charge in [-0.15, -0.1) is 0 Å². The molecule has 0 amide bonds. The smallest absolute Gasteiger partial charge is 0.0746 e. The molecule has 0 saturated heterocycles. The second-order valence-electron chi connectivity index (χ2n) is 10.8. The lowest BCUT2D eigenvalue weighted by Gasteiger charge is -2.36. The van der Waals surface area contributed by atoms with Gasteiger partial charge in [0.1, 0.15) is 0 Å². The Morgan fingerprint density at radius 3 is 1.14 bits per heavy atom. The highest BCUT2D eigenvalue weighted by molar-refractivity contribution is 5.99. The van der Waals surface area contributed by atoms with Crippen LogP contribution in [0.2, 0.25) is 0 Å². The summed E-state index contributed by atoms with van der Waals surface area (Å²) in [6.45, 7) is 0. The number of nitrogens with zero attached hydrogens (tertiary/aromatic N) is 1. The van der Waals surface area contributed by atoms with Crippen LogP contribution in [0.15, 0.2) is 199 Å². The summed E-state index contributed by atoms with van der Waals surface area (Å²) in [5.74, 6) is 0. The zero-order valence-electron chi connectivity index (χ0n) is 57.9. The zero-order chi connectivity index (χ0) is 61.8. The summed E-state index contributed by atoms with van der Waals surface area (Å²) in [6, 6.07) is -37.0. The van der Waals surface area contributed by atoms with Crippen molar-refractivity contribution in [1.29, 1.82) is 0 Å². The van der Waals surface area contributed by atoms with Crippen LogP contribution in [0.1, 0.15) is 67.5 Å². The van der Waals surface area contributed by atoms with Crippen LogP contribution in [0.4, 0.5) is 17.1 Å². The van der Waals surface area contributed by atoms with Gasteiger partial charge >= 0.3 is 0 Å². The Balaban J connectivity index is 1.55. The molecule has 0 N–H and O–H groups in total. The van der Waals surface area contributed by atoms with Gasteiger partial charge in [-0.3, -0.25) is 0 Å². The Morgan fingerprint density at radius 1 is 0.320 bits per heavy atom. The highest BCUT2D eigenvalue weighted by Gasteiger charge is 2.53. The number of hydrogen-bond donors (Lipinski definition) is 0. The molecule has 1 nitrogen and oxygen atoms in total. The highest BCUT2D eigenvalue weighted by Crippen LogP contribution is 2.65. The molecule has 0 unspecified atom stereocenters. The van der Waals surface area contributed by atoms with Crippen LogP contribution in [0.5, 0.6) is 0 Å². The maximum Gasteiger partial charge on any atom is 0.0746 e. The minimum atomic E-state index is -3.16. The summed E-state index contributed by atoms with van der Waals surface area (Å²) in [4.78, 5) is 0.302. The van der Waals surface area contributed by atoms with Crippen molar-refractivity contribution in [2.45, 2.75) is 5.41 Å². The maximum absolute atomic E-state index is 10.0. The van der Waals surface area contributed by atoms with Crippen LogP contribution >= 0.6 is 0 Å². The van der Waals surface area contributed by atoms with Crippen molar-refractivity contribution in [3.05, 3.63) is 222 Å². The van der Waals surface area contributed by atoms with Gasteiger partial charge in [0, 0.05) is 16.9 Å². The average Bonchev–Trinajstić information content (AvgIpc) is 1.50. The third kappa shape index (κ3) is 4.14. The lowest BCUT2D eigenvalue weighted by atomic mass is 9.70. The van der Waals surface area contributed by atoms with Gasteiger partial charge in [-0.05, 0) is 91.4 Å². The van der Waals surface area contributed by atoms with Gasteiger partial charge in [-0.1, -0.05) is 169 Å². The molecule has 0 saturated carbocycles. The molecule has 10 rings (SSSR count). The Bertz CT molecular complexity index is 4080. The van der Waals surface area contributed by atoms with Crippen molar-refractivity contribution >= 4 is 17.1 Å². The fraction of sp³-hybridized carbons (Fsp3) is 0.0204. The number of anilines is 3. The molecule has 2 aliphatic rings. The quantitative estimate of drug-likeness (QED) is 0.176. The van der Waals surface area contributed by atoms with Crippen molar-refractivity contribution < 1.29 is 45.2 Å². The molecule has 0 fully saturated rings. The summed E-state index contributed by atoms with van der Waals surface area (Å²) in [7, 11) is 0. The van der Waals surface area contributed by atoms with Gasteiger partial charge in [-0.2, -0.15) is 0 Å². The summed E-state index contributed by atoms with van der Waals surface area (Å²) >= 11 is 0. The largest absolute Gasteiger partial charge is 0.310 e. The maximum atomic E-state index is 10.0. The van der Waals surface area contributed by atoms with Crippen LogP contribution in [0.3, 0.4) is 0 Å². The molecule has 1 heteroatoms. The summed E-state index contributed by atoms with van der Waals surface area (Å²) in [5, 5.41) is 0. The molecule has 2 aliphatic carbocycles. The van der Waals surface area contributed by atoms with E-state index >= 15 is 0 Å². The molecule has 0 bridgehead atoms. The molecule has 0 aromatic heterocycles. The molecule has 8 aromatic carbocycles. The fourth-order valence-corrected chi connectivity index (χ4v) is 6.38. The van der Waals surface area contributed by atoms with Gasteiger partial charge < -0.3 is 4.90 Å². The van der Waals surface area contributed by atoms with Gasteiger partial charge in [0.05, 0.1) is 56.3 Å². The van der Waals surface area contributed by atoms with E-state index in [4.69, 9.17) is 21.9 Å². The minimum absolute atomic E-state index is 0.302. The second-order valence-corrected chi connectivity index (χ2v) is 10.8. The van der Waals surface area contributed by atoms with E-state index in [9.17, 15) is 23.3 Å². The van der Waals surface area contributed by atoms with Crippen molar-refractivity contribution in [3.63, 3.8) is 0 Å². The van der Waals surface area contributed by atoms with Crippen molar-refractivity contribution in [2.24, 2.45) is 0 Å². The van der Waals surface area contributed by atoms with Crippen molar-refractivity contribution in [1.82, 2.24) is 0 Å². The molecule has 0 radical (unpaired) electrons. The van der Waals surface area contributed by atoms with E-state index in [1.165, 1.54) is 0 Å². The first kappa shape index (κ1) is 10.8. The van der Waals surface area contributed by atoms with E-state index in [2.05, 4.69) is 0 Å². The normalized spacial score (nSPS) is 22.2. The molecule has 234 valence electrons. The van der Waals surface area contributed by atoms with E-state index < -0.39 is 289 Å². The Morgan fingerprint density at radius 2 is 0.680 bits per heavy atom. The van der Waals surface area contributed by atoms with Crippen LogP contribution in [0, 0.1) is 0 Å².